The highest BCUT2D eigenvalue weighted by atomic mass is 16.6. The summed E-state index contributed by atoms with van der Waals surface area (Å²) in [5.41, 5.74) is 2.78. The van der Waals surface area contributed by atoms with Crippen molar-refractivity contribution in [2.75, 3.05) is 13.7 Å². The highest BCUT2D eigenvalue weighted by Crippen LogP contribution is 2.22. The van der Waals surface area contributed by atoms with Crippen LogP contribution in [0.1, 0.15) is 56.4 Å². The number of carbonyl (C=O) groups is 3. The normalized spacial score (nSPS) is 12.7. The molecular weight excluding hydrogens is 486 g/mol. The fourth-order valence-electron chi connectivity index (χ4n) is 3.98. The number of methoxy groups -OCH3 is 1. The van der Waals surface area contributed by atoms with E-state index in [1.807, 2.05) is 38.1 Å². The molecule has 0 radical (unpaired) electrons. The van der Waals surface area contributed by atoms with E-state index in [-0.39, 0.29) is 18.1 Å². The van der Waals surface area contributed by atoms with E-state index in [1.54, 1.807) is 46.9 Å². The van der Waals surface area contributed by atoms with Crippen molar-refractivity contribution >= 4 is 17.9 Å². The standard InChI is InChI=1S/C29H41N3O6/c1-18-15-22(33)16-19(2)24(18)17-25(32-28(36)38-29(4,5)6)27(35)31-20(3)26(34)30-14-8-9-21-10-12-23(37-7)13-11-21/h10-13,15-16,20,25,33H,8-9,14,17H2,1-7H3,(H,30,34)(H,31,35)(H,32,36)/t20-,25?/m1/s1. The second kappa shape index (κ2) is 13.7. The molecule has 1 unspecified atom stereocenters. The van der Waals surface area contributed by atoms with Gasteiger partial charge < -0.3 is 30.5 Å². The molecule has 0 saturated carbocycles. The predicted molar refractivity (Wildman–Crippen MR) is 146 cm³/mol. The maximum Gasteiger partial charge on any atom is 0.408 e. The zero-order valence-corrected chi connectivity index (χ0v) is 23.4. The molecule has 2 aromatic carbocycles. The molecule has 0 bridgehead atoms. The first-order valence-electron chi connectivity index (χ1n) is 12.8. The number of hydrogen-bond acceptors (Lipinski definition) is 6. The minimum absolute atomic E-state index is 0.127. The summed E-state index contributed by atoms with van der Waals surface area (Å²) < 4.78 is 10.5. The highest BCUT2D eigenvalue weighted by Gasteiger charge is 2.28. The van der Waals surface area contributed by atoms with Crippen LogP contribution in [-0.4, -0.2) is 54.4 Å². The van der Waals surface area contributed by atoms with Gasteiger partial charge in [0.05, 0.1) is 7.11 Å². The minimum atomic E-state index is -0.989. The van der Waals surface area contributed by atoms with Gasteiger partial charge in [-0.1, -0.05) is 12.1 Å². The van der Waals surface area contributed by atoms with Gasteiger partial charge in [-0.25, -0.2) is 4.79 Å². The van der Waals surface area contributed by atoms with Crippen molar-refractivity contribution in [3.63, 3.8) is 0 Å². The maximum absolute atomic E-state index is 13.2. The van der Waals surface area contributed by atoms with Crippen LogP contribution in [0.5, 0.6) is 11.5 Å². The zero-order chi connectivity index (χ0) is 28.5. The van der Waals surface area contributed by atoms with Crippen molar-refractivity contribution in [2.45, 2.75) is 78.5 Å². The molecule has 0 fully saturated rings. The molecule has 2 aromatic rings. The van der Waals surface area contributed by atoms with E-state index >= 15 is 0 Å². The van der Waals surface area contributed by atoms with E-state index in [9.17, 15) is 19.5 Å². The molecule has 2 atom stereocenters. The Morgan fingerprint density at radius 2 is 1.58 bits per heavy atom. The van der Waals surface area contributed by atoms with Crippen LogP contribution >= 0.6 is 0 Å². The summed E-state index contributed by atoms with van der Waals surface area (Å²) >= 11 is 0. The van der Waals surface area contributed by atoms with Crippen molar-refractivity contribution in [2.24, 2.45) is 0 Å². The summed E-state index contributed by atoms with van der Waals surface area (Å²) in [6.07, 6.45) is 0.959. The van der Waals surface area contributed by atoms with Gasteiger partial charge in [0.25, 0.3) is 0 Å². The number of aryl methyl sites for hydroxylation is 3. The second-order valence-corrected chi connectivity index (χ2v) is 10.4. The summed E-state index contributed by atoms with van der Waals surface area (Å²) in [6, 6.07) is 9.17. The van der Waals surface area contributed by atoms with Crippen LogP contribution in [0.3, 0.4) is 0 Å². The highest BCUT2D eigenvalue weighted by molar-refractivity contribution is 5.91. The maximum atomic E-state index is 13.2. The lowest BCUT2D eigenvalue weighted by atomic mass is 9.95. The third kappa shape index (κ3) is 9.95. The molecule has 208 valence electrons. The van der Waals surface area contributed by atoms with Crippen molar-refractivity contribution in [3.05, 3.63) is 58.7 Å². The van der Waals surface area contributed by atoms with E-state index in [1.165, 1.54) is 0 Å². The number of carbonyl (C=O) groups excluding carboxylic acids is 3. The smallest absolute Gasteiger partial charge is 0.408 e. The third-order valence-corrected chi connectivity index (χ3v) is 5.95. The van der Waals surface area contributed by atoms with Crippen LogP contribution < -0.4 is 20.7 Å². The summed E-state index contributed by atoms with van der Waals surface area (Å²) in [6.45, 7) is 10.9. The summed E-state index contributed by atoms with van der Waals surface area (Å²) in [5.74, 6) is 0.0914. The lowest BCUT2D eigenvalue weighted by molar-refractivity contribution is -0.129. The Bertz CT molecular complexity index is 1090. The number of rotatable bonds is 11. The SMILES string of the molecule is COc1ccc(CCCNC(=O)[C@@H](C)NC(=O)C(Cc2c(C)cc(O)cc2C)NC(=O)OC(C)(C)C)cc1. The quantitative estimate of drug-likeness (QED) is 0.330. The van der Waals surface area contributed by atoms with Crippen molar-refractivity contribution in [1.82, 2.24) is 16.0 Å². The van der Waals surface area contributed by atoms with E-state index in [0.717, 1.165) is 40.8 Å². The molecule has 0 aromatic heterocycles. The van der Waals surface area contributed by atoms with E-state index in [0.29, 0.717) is 6.54 Å². The average Bonchev–Trinajstić information content (AvgIpc) is 2.82. The topological polar surface area (TPSA) is 126 Å². The Hall–Kier alpha value is -3.75. The fourth-order valence-corrected chi connectivity index (χ4v) is 3.98. The lowest BCUT2D eigenvalue weighted by Gasteiger charge is -2.25. The first-order valence-corrected chi connectivity index (χ1v) is 12.8. The molecule has 0 spiro atoms. The molecule has 3 amide bonds. The molecule has 0 saturated heterocycles. The van der Waals surface area contributed by atoms with Gasteiger partial charge in [0.15, 0.2) is 0 Å². The van der Waals surface area contributed by atoms with Crippen LogP contribution in [0.25, 0.3) is 0 Å². The number of alkyl carbamates (subject to hydrolysis) is 1. The molecule has 2 rings (SSSR count). The van der Waals surface area contributed by atoms with Crippen molar-refractivity contribution < 1.29 is 29.0 Å². The van der Waals surface area contributed by atoms with Gasteiger partial charge in [0.1, 0.15) is 29.2 Å². The average molecular weight is 528 g/mol. The molecule has 0 aliphatic heterocycles. The Balaban J connectivity index is 1.99. The predicted octanol–water partition coefficient (Wildman–Crippen LogP) is 3.71. The Morgan fingerprint density at radius 3 is 2.13 bits per heavy atom. The van der Waals surface area contributed by atoms with Gasteiger partial charge in [-0.05, 0) is 101 Å². The third-order valence-electron chi connectivity index (χ3n) is 5.95. The molecular formula is C29H41N3O6. The number of nitrogens with one attached hydrogen (secondary N) is 3. The van der Waals surface area contributed by atoms with E-state index < -0.39 is 29.7 Å². The summed E-state index contributed by atoms with van der Waals surface area (Å²) in [7, 11) is 1.62. The number of ether oxygens (including phenoxy) is 2. The fraction of sp³-hybridized carbons (Fsp3) is 0.483. The minimum Gasteiger partial charge on any atom is -0.508 e. The van der Waals surface area contributed by atoms with Crippen LogP contribution in [0.2, 0.25) is 0 Å². The Kier molecular flexibility index (Phi) is 11.0. The first kappa shape index (κ1) is 30.5. The monoisotopic (exact) mass is 527 g/mol. The number of hydrogen-bond donors (Lipinski definition) is 4. The molecule has 4 N–H and O–H groups in total. The van der Waals surface area contributed by atoms with Crippen LogP contribution in [-0.2, 0) is 27.2 Å². The van der Waals surface area contributed by atoms with E-state index in [2.05, 4.69) is 16.0 Å². The van der Waals surface area contributed by atoms with Gasteiger partial charge in [-0.3, -0.25) is 9.59 Å². The van der Waals surface area contributed by atoms with Crippen LogP contribution in [0.15, 0.2) is 36.4 Å². The molecule has 9 heteroatoms. The van der Waals surface area contributed by atoms with Crippen molar-refractivity contribution in [3.8, 4) is 11.5 Å². The van der Waals surface area contributed by atoms with Gasteiger partial charge in [-0.2, -0.15) is 0 Å². The van der Waals surface area contributed by atoms with E-state index in [4.69, 9.17) is 9.47 Å². The molecule has 38 heavy (non-hydrogen) atoms. The van der Waals surface area contributed by atoms with Crippen LogP contribution in [0.4, 0.5) is 4.79 Å². The van der Waals surface area contributed by atoms with Crippen LogP contribution in [0, 0.1) is 13.8 Å². The van der Waals surface area contributed by atoms with Gasteiger partial charge in [0, 0.05) is 13.0 Å². The zero-order valence-electron chi connectivity index (χ0n) is 23.4. The first-order chi connectivity index (χ1) is 17.8. The second-order valence-electron chi connectivity index (χ2n) is 10.4. The Labute approximate surface area is 225 Å². The van der Waals surface area contributed by atoms with Crippen molar-refractivity contribution in [1.29, 1.82) is 0 Å². The number of aromatic hydroxyl groups is 1. The molecule has 0 aliphatic carbocycles. The molecule has 0 heterocycles. The van der Waals surface area contributed by atoms with Gasteiger partial charge in [-0.15, -0.1) is 0 Å². The summed E-state index contributed by atoms with van der Waals surface area (Å²) in [4.78, 5) is 38.3. The van der Waals surface area contributed by atoms with Gasteiger partial charge in [0.2, 0.25) is 11.8 Å². The van der Waals surface area contributed by atoms with Gasteiger partial charge >= 0.3 is 6.09 Å². The number of phenolic OH excluding ortho intramolecular Hbond substituents is 1. The number of phenols is 1. The lowest BCUT2D eigenvalue weighted by Crippen LogP contribution is -2.54. The molecule has 0 aliphatic rings. The summed E-state index contributed by atoms with van der Waals surface area (Å²) in [5, 5.41) is 18.1. The molecule has 9 nitrogen and oxygen atoms in total. The Morgan fingerprint density at radius 1 is 0.974 bits per heavy atom. The number of amides is 3. The largest absolute Gasteiger partial charge is 0.508 e. The number of benzene rings is 2.